The molecule has 2 nitrogen and oxygen atoms in total. The molecule has 0 amide bonds. The maximum Gasteiger partial charge on any atom is 0.125 e. The monoisotopic (exact) mass is 212 g/mol. The molecular formula is C11H13ClO2. The number of rotatable bonds is 2. The highest BCUT2D eigenvalue weighted by Gasteiger charge is 2.31. The average Bonchev–Trinajstić information content (AvgIpc) is 2.97. The van der Waals surface area contributed by atoms with Crippen LogP contribution in [-0.2, 0) is 4.74 Å². The number of epoxide rings is 1. The van der Waals surface area contributed by atoms with Gasteiger partial charge in [0.2, 0.25) is 0 Å². The number of hydrogen-bond acceptors (Lipinski definition) is 2. The third-order valence-corrected chi connectivity index (χ3v) is 3.15. The number of ether oxygens (including phenoxy) is 2. The van der Waals surface area contributed by atoms with Crippen LogP contribution in [0.2, 0.25) is 5.02 Å². The Hall–Kier alpha value is -0.730. The molecule has 1 unspecified atom stereocenters. The second kappa shape index (κ2) is 3.44. The van der Waals surface area contributed by atoms with E-state index < -0.39 is 0 Å². The van der Waals surface area contributed by atoms with E-state index in [2.05, 4.69) is 0 Å². The fourth-order valence-electron chi connectivity index (χ4n) is 1.72. The van der Waals surface area contributed by atoms with E-state index in [1.54, 1.807) is 7.11 Å². The van der Waals surface area contributed by atoms with Gasteiger partial charge in [0.1, 0.15) is 11.9 Å². The van der Waals surface area contributed by atoms with Gasteiger partial charge >= 0.3 is 0 Å². The summed E-state index contributed by atoms with van der Waals surface area (Å²) in [6.07, 6.45) is 0.183. The van der Waals surface area contributed by atoms with Crippen molar-refractivity contribution in [3.05, 3.63) is 27.8 Å². The highest BCUT2D eigenvalue weighted by atomic mass is 35.5. The molecule has 0 bridgehead atoms. The molecule has 1 aromatic carbocycles. The zero-order chi connectivity index (χ0) is 10.3. The minimum absolute atomic E-state index is 0.183. The van der Waals surface area contributed by atoms with Crippen molar-refractivity contribution in [3.63, 3.8) is 0 Å². The van der Waals surface area contributed by atoms with Crippen LogP contribution < -0.4 is 4.74 Å². The Morgan fingerprint density at radius 1 is 1.50 bits per heavy atom. The first-order valence-corrected chi connectivity index (χ1v) is 4.98. The summed E-state index contributed by atoms with van der Waals surface area (Å²) in [7, 11) is 1.67. The summed E-state index contributed by atoms with van der Waals surface area (Å²) in [4.78, 5) is 0. The average molecular weight is 213 g/mol. The van der Waals surface area contributed by atoms with E-state index in [1.807, 2.05) is 19.9 Å². The van der Waals surface area contributed by atoms with Crippen molar-refractivity contribution in [2.24, 2.45) is 0 Å². The zero-order valence-electron chi connectivity index (χ0n) is 8.56. The summed E-state index contributed by atoms with van der Waals surface area (Å²) in [5.74, 6) is 0.881. The van der Waals surface area contributed by atoms with Gasteiger partial charge in [0.05, 0.1) is 13.7 Å². The van der Waals surface area contributed by atoms with Crippen LogP contribution in [0.5, 0.6) is 5.75 Å². The molecule has 2 rings (SSSR count). The summed E-state index contributed by atoms with van der Waals surface area (Å²) >= 11 is 6.17. The molecule has 0 aromatic heterocycles. The second-order valence-electron chi connectivity index (χ2n) is 3.57. The van der Waals surface area contributed by atoms with Gasteiger partial charge in [0.15, 0.2) is 0 Å². The van der Waals surface area contributed by atoms with Crippen molar-refractivity contribution < 1.29 is 9.47 Å². The Kier molecular flexibility index (Phi) is 2.41. The van der Waals surface area contributed by atoms with E-state index >= 15 is 0 Å². The number of aryl methyl sites for hydroxylation is 1. The van der Waals surface area contributed by atoms with E-state index in [0.717, 1.165) is 34.1 Å². The van der Waals surface area contributed by atoms with Crippen molar-refractivity contribution in [2.75, 3.05) is 13.7 Å². The van der Waals surface area contributed by atoms with E-state index in [1.165, 1.54) is 0 Å². The Labute approximate surface area is 88.8 Å². The smallest absolute Gasteiger partial charge is 0.125 e. The lowest BCUT2D eigenvalue weighted by Gasteiger charge is -2.13. The van der Waals surface area contributed by atoms with Crippen molar-refractivity contribution in [1.82, 2.24) is 0 Å². The van der Waals surface area contributed by atoms with Crippen LogP contribution >= 0.6 is 11.6 Å². The fraction of sp³-hybridized carbons (Fsp3) is 0.455. The van der Waals surface area contributed by atoms with Crippen molar-refractivity contribution >= 4 is 11.6 Å². The second-order valence-corrected chi connectivity index (χ2v) is 3.95. The third kappa shape index (κ3) is 1.49. The molecule has 0 N–H and O–H groups in total. The number of hydrogen-bond donors (Lipinski definition) is 0. The Morgan fingerprint density at radius 2 is 2.14 bits per heavy atom. The molecule has 1 atom stereocenters. The van der Waals surface area contributed by atoms with E-state index in [-0.39, 0.29) is 6.10 Å². The van der Waals surface area contributed by atoms with Gasteiger partial charge in [0.25, 0.3) is 0 Å². The molecule has 14 heavy (non-hydrogen) atoms. The van der Waals surface area contributed by atoms with Crippen molar-refractivity contribution in [2.45, 2.75) is 20.0 Å². The van der Waals surface area contributed by atoms with Gasteiger partial charge < -0.3 is 9.47 Å². The van der Waals surface area contributed by atoms with Crippen LogP contribution in [0.3, 0.4) is 0 Å². The largest absolute Gasteiger partial charge is 0.496 e. The normalized spacial score (nSPS) is 19.6. The van der Waals surface area contributed by atoms with Gasteiger partial charge in [-0.3, -0.25) is 0 Å². The summed E-state index contributed by atoms with van der Waals surface area (Å²) in [6, 6.07) is 1.96. The molecule has 0 spiro atoms. The van der Waals surface area contributed by atoms with Gasteiger partial charge in [0, 0.05) is 10.6 Å². The number of methoxy groups -OCH3 is 1. The van der Waals surface area contributed by atoms with Crippen LogP contribution in [-0.4, -0.2) is 13.7 Å². The lowest BCUT2D eigenvalue weighted by Crippen LogP contribution is -1.97. The van der Waals surface area contributed by atoms with E-state index in [9.17, 15) is 0 Å². The van der Waals surface area contributed by atoms with E-state index in [4.69, 9.17) is 21.1 Å². The zero-order valence-corrected chi connectivity index (χ0v) is 9.31. The van der Waals surface area contributed by atoms with Crippen molar-refractivity contribution in [1.29, 1.82) is 0 Å². The standard InChI is InChI=1S/C11H13ClO2/c1-6-4-8(13-3)10(9-5-14-9)7(2)11(6)12/h4,9H,5H2,1-3H3. The summed E-state index contributed by atoms with van der Waals surface area (Å²) in [5.41, 5.74) is 3.22. The Morgan fingerprint density at radius 3 is 2.64 bits per heavy atom. The third-order valence-electron chi connectivity index (χ3n) is 2.57. The molecule has 1 fully saturated rings. The molecule has 1 aromatic rings. The summed E-state index contributed by atoms with van der Waals surface area (Å²) in [6.45, 7) is 4.76. The number of benzene rings is 1. The maximum absolute atomic E-state index is 6.17. The Bertz CT molecular complexity index is 370. The molecule has 76 valence electrons. The first kappa shape index (κ1) is 9.81. The molecular weight excluding hydrogens is 200 g/mol. The molecule has 1 aliphatic heterocycles. The maximum atomic E-state index is 6.17. The molecule has 0 saturated carbocycles. The minimum Gasteiger partial charge on any atom is -0.496 e. The minimum atomic E-state index is 0.183. The quantitative estimate of drug-likeness (QED) is 0.703. The molecule has 1 heterocycles. The first-order valence-electron chi connectivity index (χ1n) is 4.60. The number of halogens is 1. The molecule has 3 heteroatoms. The SMILES string of the molecule is COc1cc(C)c(Cl)c(C)c1C1CO1. The predicted molar refractivity (Wildman–Crippen MR) is 56.2 cm³/mol. The van der Waals surface area contributed by atoms with Gasteiger partial charge in [-0.15, -0.1) is 0 Å². The highest BCUT2D eigenvalue weighted by Crippen LogP contribution is 2.42. The van der Waals surface area contributed by atoms with Crippen molar-refractivity contribution in [3.8, 4) is 5.75 Å². The van der Waals surface area contributed by atoms with E-state index in [0.29, 0.717) is 0 Å². The summed E-state index contributed by atoms with van der Waals surface area (Å²) < 4.78 is 10.6. The van der Waals surface area contributed by atoms with Gasteiger partial charge in [-0.25, -0.2) is 0 Å². The fourth-order valence-corrected chi connectivity index (χ4v) is 1.88. The topological polar surface area (TPSA) is 21.8 Å². The van der Waals surface area contributed by atoms with Crippen LogP contribution in [0.1, 0.15) is 22.8 Å². The lowest BCUT2D eigenvalue weighted by atomic mass is 10.0. The molecule has 1 saturated heterocycles. The highest BCUT2D eigenvalue weighted by molar-refractivity contribution is 6.32. The summed E-state index contributed by atoms with van der Waals surface area (Å²) in [5, 5.41) is 0.816. The van der Waals surface area contributed by atoms with Crippen LogP contribution in [0.25, 0.3) is 0 Å². The lowest BCUT2D eigenvalue weighted by molar-refractivity contribution is 0.382. The molecule has 0 aliphatic carbocycles. The predicted octanol–water partition coefficient (Wildman–Crippen LogP) is 3.04. The van der Waals surface area contributed by atoms with Crippen LogP contribution in [0, 0.1) is 13.8 Å². The van der Waals surface area contributed by atoms with Gasteiger partial charge in [-0.05, 0) is 31.0 Å². The van der Waals surface area contributed by atoms with Gasteiger partial charge in [-0.2, -0.15) is 0 Å². The molecule has 0 radical (unpaired) electrons. The first-order chi connectivity index (χ1) is 6.65. The van der Waals surface area contributed by atoms with Crippen LogP contribution in [0.15, 0.2) is 6.07 Å². The Balaban J connectivity index is 2.59. The van der Waals surface area contributed by atoms with Gasteiger partial charge in [-0.1, -0.05) is 11.6 Å². The molecule has 1 aliphatic rings. The van der Waals surface area contributed by atoms with Crippen LogP contribution in [0.4, 0.5) is 0 Å².